The molecule has 1 aliphatic carbocycles. The van der Waals surface area contributed by atoms with E-state index in [4.69, 9.17) is 14.6 Å². The summed E-state index contributed by atoms with van der Waals surface area (Å²) in [6.07, 6.45) is 3.60. The van der Waals surface area contributed by atoms with Gasteiger partial charge in [0.1, 0.15) is 0 Å². The quantitative estimate of drug-likeness (QED) is 0.708. The second-order valence-corrected chi connectivity index (χ2v) is 4.43. The molecule has 3 atom stereocenters. The average molecular weight is 230 g/mol. The van der Waals surface area contributed by atoms with Crippen LogP contribution >= 0.6 is 0 Å². The zero-order chi connectivity index (χ0) is 12.0. The Labute approximate surface area is 96.9 Å². The van der Waals surface area contributed by atoms with Gasteiger partial charge in [0.25, 0.3) is 0 Å². The van der Waals surface area contributed by atoms with Gasteiger partial charge in [0.05, 0.1) is 25.2 Å². The number of carboxylic acids is 1. The van der Waals surface area contributed by atoms with Crippen molar-refractivity contribution in [3.05, 3.63) is 0 Å². The van der Waals surface area contributed by atoms with Crippen molar-refractivity contribution >= 4 is 5.97 Å². The zero-order valence-corrected chi connectivity index (χ0v) is 10.1. The highest BCUT2D eigenvalue weighted by Gasteiger charge is 2.34. The summed E-state index contributed by atoms with van der Waals surface area (Å²) in [6, 6.07) is 0. The van der Waals surface area contributed by atoms with Crippen molar-refractivity contribution < 1.29 is 19.4 Å². The van der Waals surface area contributed by atoms with Crippen LogP contribution in [0.15, 0.2) is 0 Å². The van der Waals surface area contributed by atoms with Gasteiger partial charge in [-0.25, -0.2) is 0 Å². The summed E-state index contributed by atoms with van der Waals surface area (Å²) in [5, 5.41) is 9.11. The van der Waals surface area contributed by atoms with Crippen molar-refractivity contribution in [1.29, 1.82) is 0 Å². The van der Waals surface area contributed by atoms with Gasteiger partial charge >= 0.3 is 5.97 Å². The Balaban J connectivity index is 2.46. The number of carboxylic acid groups (broad SMARTS) is 1. The number of rotatable bonds is 6. The molecule has 1 rings (SSSR count). The first-order valence-corrected chi connectivity index (χ1v) is 6.02. The summed E-state index contributed by atoms with van der Waals surface area (Å²) in [6.45, 7) is 3.17. The predicted molar refractivity (Wildman–Crippen MR) is 60.4 cm³/mol. The summed E-state index contributed by atoms with van der Waals surface area (Å²) in [7, 11) is 1.62. The zero-order valence-electron chi connectivity index (χ0n) is 10.1. The number of ether oxygens (including phenoxy) is 2. The van der Waals surface area contributed by atoms with Gasteiger partial charge < -0.3 is 14.6 Å². The van der Waals surface area contributed by atoms with Crippen LogP contribution in [0, 0.1) is 11.8 Å². The van der Waals surface area contributed by atoms with Crippen molar-refractivity contribution in [2.24, 2.45) is 11.8 Å². The van der Waals surface area contributed by atoms with Crippen LogP contribution in [0.25, 0.3) is 0 Å². The van der Waals surface area contributed by atoms with Crippen molar-refractivity contribution in [1.82, 2.24) is 0 Å². The van der Waals surface area contributed by atoms with Gasteiger partial charge in [-0.15, -0.1) is 0 Å². The SMILES string of the molecule is CCC1CCC(C(=O)O)C(OCCOC)C1. The largest absolute Gasteiger partial charge is 0.481 e. The highest BCUT2D eigenvalue weighted by molar-refractivity contribution is 5.70. The molecule has 0 saturated heterocycles. The first-order chi connectivity index (χ1) is 7.69. The smallest absolute Gasteiger partial charge is 0.309 e. The molecule has 0 spiro atoms. The minimum atomic E-state index is -0.725. The van der Waals surface area contributed by atoms with Crippen LogP contribution in [-0.4, -0.2) is 37.5 Å². The van der Waals surface area contributed by atoms with E-state index < -0.39 is 5.97 Å². The van der Waals surface area contributed by atoms with Crippen LogP contribution in [0.2, 0.25) is 0 Å². The average Bonchev–Trinajstić information content (AvgIpc) is 2.29. The normalized spacial score (nSPS) is 30.2. The summed E-state index contributed by atoms with van der Waals surface area (Å²) >= 11 is 0. The molecule has 1 N–H and O–H groups in total. The molecule has 0 bridgehead atoms. The molecule has 3 unspecified atom stereocenters. The predicted octanol–water partition coefficient (Wildman–Crippen LogP) is 1.93. The Morgan fingerprint density at radius 3 is 2.69 bits per heavy atom. The van der Waals surface area contributed by atoms with E-state index in [9.17, 15) is 4.79 Å². The van der Waals surface area contributed by atoms with E-state index in [-0.39, 0.29) is 12.0 Å². The lowest BCUT2D eigenvalue weighted by Gasteiger charge is -2.33. The van der Waals surface area contributed by atoms with E-state index in [1.165, 1.54) is 0 Å². The molecule has 1 aliphatic rings. The lowest BCUT2D eigenvalue weighted by molar-refractivity contribution is -0.151. The second-order valence-electron chi connectivity index (χ2n) is 4.43. The van der Waals surface area contributed by atoms with Crippen LogP contribution in [-0.2, 0) is 14.3 Å². The van der Waals surface area contributed by atoms with Crippen molar-refractivity contribution in [3.63, 3.8) is 0 Å². The molecular formula is C12H22O4. The number of methoxy groups -OCH3 is 1. The van der Waals surface area contributed by atoms with Gasteiger partial charge in [0.15, 0.2) is 0 Å². The Hall–Kier alpha value is -0.610. The van der Waals surface area contributed by atoms with Crippen LogP contribution in [0.1, 0.15) is 32.6 Å². The van der Waals surface area contributed by atoms with E-state index in [1.54, 1.807) is 7.11 Å². The minimum absolute atomic E-state index is 0.133. The fourth-order valence-corrected chi connectivity index (χ4v) is 2.33. The Morgan fingerprint density at radius 1 is 1.38 bits per heavy atom. The minimum Gasteiger partial charge on any atom is -0.481 e. The molecule has 0 aromatic rings. The summed E-state index contributed by atoms with van der Waals surface area (Å²) in [5.41, 5.74) is 0. The Bertz CT molecular complexity index is 217. The maximum absolute atomic E-state index is 11.1. The monoisotopic (exact) mass is 230 g/mol. The van der Waals surface area contributed by atoms with Gasteiger partial charge in [-0.05, 0) is 25.2 Å². The molecule has 0 radical (unpaired) electrons. The fourth-order valence-electron chi connectivity index (χ4n) is 2.33. The number of hydrogen-bond donors (Lipinski definition) is 1. The molecule has 0 aliphatic heterocycles. The van der Waals surface area contributed by atoms with Crippen molar-refractivity contribution in [3.8, 4) is 0 Å². The summed E-state index contributed by atoms with van der Waals surface area (Å²) < 4.78 is 10.5. The topological polar surface area (TPSA) is 55.8 Å². The lowest BCUT2D eigenvalue weighted by atomic mass is 9.78. The Morgan fingerprint density at radius 2 is 2.12 bits per heavy atom. The van der Waals surface area contributed by atoms with E-state index in [0.29, 0.717) is 19.1 Å². The van der Waals surface area contributed by atoms with E-state index in [2.05, 4.69) is 6.92 Å². The van der Waals surface area contributed by atoms with Crippen LogP contribution in [0.4, 0.5) is 0 Å². The van der Waals surface area contributed by atoms with Crippen LogP contribution < -0.4 is 0 Å². The molecule has 0 aromatic heterocycles. The highest BCUT2D eigenvalue weighted by atomic mass is 16.5. The molecule has 0 aromatic carbocycles. The first-order valence-electron chi connectivity index (χ1n) is 6.02. The van der Waals surface area contributed by atoms with Crippen molar-refractivity contribution in [2.75, 3.05) is 20.3 Å². The van der Waals surface area contributed by atoms with Crippen molar-refractivity contribution in [2.45, 2.75) is 38.7 Å². The molecule has 16 heavy (non-hydrogen) atoms. The first kappa shape index (κ1) is 13.5. The van der Waals surface area contributed by atoms with Gasteiger partial charge in [0.2, 0.25) is 0 Å². The third kappa shape index (κ3) is 3.76. The number of hydrogen-bond acceptors (Lipinski definition) is 3. The summed E-state index contributed by atoms with van der Waals surface area (Å²) in [5.74, 6) is -0.445. The van der Waals surface area contributed by atoms with E-state index in [0.717, 1.165) is 25.7 Å². The highest BCUT2D eigenvalue weighted by Crippen LogP contribution is 2.33. The van der Waals surface area contributed by atoms with Gasteiger partial charge in [0, 0.05) is 7.11 Å². The van der Waals surface area contributed by atoms with Gasteiger partial charge in [-0.3, -0.25) is 4.79 Å². The molecule has 94 valence electrons. The Kier molecular flexibility index (Phi) is 5.77. The third-order valence-electron chi connectivity index (χ3n) is 3.41. The maximum atomic E-state index is 11.1. The standard InChI is InChI=1S/C12H22O4/c1-3-9-4-5-10(12(13)14)11(8-9)16-7-6-15-2/h9-11H,3-8H2,1-2H3,(H,13,14). The van der Waals surface area contributed by atoms with Gasteiger partial charge in [-0.2, -0.15) is 0 Å². The number of carbonyl (C=O) groups is 1. The third-order valence-corrected chi connectivity index (χ3v) is 3.41. The molecule has 1 saturated carbocycles. The molecule has 0 amide bonds. The lowest BCUT2D eigenvalue weighted by Crippen LogP contribution is -2.37. The molecule has 4 heteroatoms. The fraction of sp³-hybridized carbons (Fsp3) is 0.917. The molecule has 1 fully saturated rings. The second kappa shape index (κ2) is 6.86. The maximum Gasteiger partial charge on any atom is 0.309 e. The van der Waals surface area contributed by atoms with E-state index in [1.807, 2.05) is 0 Å². The summed E-state index contributed by atoms with van der Waals surface area (Å²) in [4.78, 5) is 11.1. The number of aliphatic carboxylic acids is 1. The van der Waals surface area contributed by atoms with Crippen LogP contribution in [0.3, 0.4) is 0 Å². The van der Waals surface area contributed by atoms with Gasteiger partial charge in [-0.1, -0.05) is 13.3 Å². The molecular weight excluding hydrogens is 208 g/mol. The molecule has 4 nitrogen and oxygen atoms in total. The van der Waals surface area contributed by atoms with Crippen LogP contribution in [0.5, 0.6) is 0 Å². The molecule has 0 heterocycles. The van der Waals surface area contributed by atoms with E-state index >= 15 is 0 Å².